The molecule has 0 bridgehead atoms. The van der Waals surface area contributed by atoms with Gasteiger partial charge < -0.3 is 5.98 Å². The summed E-state index contributed by atoms with van der Waals surface area (Å²) in [5.41, 5.74) is 0. The zero-order chi connectivity index (χ0) is 5.15. The van der Waals surface area contributed by atoms with E-state index in [0.29, 0.717) is 0 Å². The predicted octanol–water partition coefficient (Wildman–Crippen LogP) is -3.54. The van der Waals surface area contributed by atoms with Gasteiger partial charge in [-0.1, -0.05) is 0 Å². The van der Waals surface area contributed by atoms with Crippen LogP contribution in [0.15, 0.2) is 0 Å². The van der Waals surface area contributed by atoms with Crippen LogP contribution < -0.4 is 29.6 Å². The summed E-state index contributed by atoms with van der Waals surface area (Å²) in [5, 5.41) is 0. The van der Waals surface area contributed by atoms with Gasteiger partial charge in [0, 0.05) is 11.3 Å². The van der Waals surface area contributed by atoms with Crippen molar-refractivity contribution in [3.05, 3.63) is 0 Å². The van der Waals surface area contributed by atoms with E-state index in [1.807, 2.05) is 0 Å². The molecule has 0 amide bonds. The van der Waals surface area contributed by atoms with Crippen LogP contribution in [0.5, 0.6) is 0 Å². The summed E-state index contributed by atoms with van der Waals surface area (Å²) < 4.78 is 20.3. The van der Waals surface area contributed by atoms with Gasteiger partial charge in [0.05, 0.1) is 0 Å². The number of nitrogens with zero attached hydrogens (tertiary/aromatic N) is 1. The predicted molar refractivity (Wildman–Crippen MR) is 23.7 cm³/mol. The minimum atomic E-state index is -2.03. The van der Waals surface area contributed by atoms with E-state index >= 15 is 0 Å². The molecule has 0 saturated carbocycles. The van der Waals surface area contributed by atoms with Gasteiger partial charge in [0.25, 0.3) is 0 Å². The Morgan fingerprint density at radius 3 is 1.86 bits per heavy atom. The van der Waals surface area contributed by atoms with Crippen LogP contribution in [0.4, 0.5) is 0 Å². The van der Waals surface area contributed by atoms with Crippen LogP contribution in [-0.4, -0.2) is 27.2 Å². The van der Waals surface area contributed by atoms with Gasteiger partial charge in [0.1, 0.15) is 0 Å². The maximum atomic E-state index is 9.62. The van der Waals surface area contributed by atoms with Crippen LogP contribution in [-0.2, 0) is 11.3 Å². The summed E-state index contributed by atoms with van der Waals surface area (Å²) >= 11 is -2.03. The van der Waals surface area contributed by atoms with Crippen molar-refractivity contribution in [3.8, 4) is 0 Å². The molecule has 0 aliphatic rings. The Kier molecular flexibility index (Phi) is 8.15. The van der Waals surface area contributed by atoms with Gasteiger partial charge in [-0.2, -0.15) is 0 Å². The molecule has 0 aromatic carbocycles. The molecular weight excluding hydrogens is 125 g/mol. The first-order chi connectivity index (χ1) is 2.64. The monoisotopic (exact) mass is 132 g/mol. The number of rotatable bonds is 1. The summed E-state index contributed by atoms with van der Waals surface area (Å²) in [5.74, 6) is 0. The average Bonchev–Trinajstić information content (AvgIpc) is 1.36. The van der Waals surface area contributed by atoms with E-state index in [0.717, 1.165) is 4.31 Å². The normalized spacial score (nSPS) is 13.1. The third-order valence-electron chi connectivity index (χ3n) is 0.298. The largest absolute Gasteiger partial charge is 1.00 e. The van der Waals surface area contributed by atoms with E-state index in [1.165, 1.54) is 14.1 Å². The maximum Gasteiger partial charge on any atom is 1.00 e. The zero-order valence-corrected chi connectivity index (χ0v) is 7.49. The minimum Gasteiger partial charge on any atom is -1.00 e. The molecule has 0 aromatic heterocycles. The first kappa shape index (κ1) is 10.9. The summed E-state index contributed by atoms with van der Waals surface area (Å²) in [6.07, 6.45) is 0. The van der Waals surface area contributed by atoms with Crippen LogP contribution in [0, 0.1) is 0 Å². The molecule has 0 N–H and O–H groups in total. The smallest absolute Gasteiger partial charge is 1.00 e. The van der Waals surface area contributed by atoms with Gasteiger partial charge in [0.2, 0.25) is 0 Å². The SMILES string of the molecule is CN(C)S(=O)[O-].[H-].[Na+]. The summed E-state index contributed by atoms with van der Waals surface area (Å²) in [7, 11) is 2.92. The molecule has 0 aliphatic carbocycles. The van der Waals surface area contributed by atoms with Crippen LogP contribution >= 0.6 is 0 Å². The Hall–Kier alpha value is 1.07. The second-order valence-corrected chi connectivity index (χ2v) is 2.19. The Morgan fingerprint density at radius 2 is 1.86 bits per heavy atom. The molecule has 0 aliphatic heterocycles. The fraction of sp³-hybridized carbons (Fsp3) is 1.00. The molecule has 1 unspecified atom stereocenters. The van der Waals surface area contributed by atoms with Gasteiger partial charge in [-0.3, -0.25) is 4.21 Å². The van der Waals surface area contributed by atoms with Gasteiger partial charge in [-0.05, 0) is 14.1 Å². The molecule has 0 saturated heterocycles. The van der Waals surface area contributed by atoms with Crippen molar-refractivity contribution in [2.75, 3.05) is 14.1 Å². The first-order valence-electron chi connectivity index (χ1n) is 1.41. The molecule has 0 radical (unpaired) electrons. The van der Waals surface area contributed by atoms with Gasteiger partial charge in [0.15, 0.2) is 0 Å². The summed E-state index contributed by atoms with van der Waals surface area (Å²) in [6, 6.07) is 0. The Morgan fingerprint density at radius 1 is 1.71 bits per heavy atom. The van der Waals surface area contributed by atoms with Crippen molar-refractivity contribution in [1.82, 2.24) is 4.31 Å². The third kappa shape index (κ3) is 7.07. The minimum absolute atomic E-state index is 0. The van der Waals surface area contributed by atoms with Crippen molar-refractivity contribution in [2.24, 2.45) is 0 Å². The number of hydrogen-bond donors (Lipinski definition) is 0. The van der Waals surface area contributed by atoms with E-state index in [9.17, 15) is 8.76 Å². The Labute approximate surface area is 69.3 Å². The molecule has 1 atom stereocenters. The molecule has 0 fully saturated rings. The fourth-order valence-electron chi connectivity index (χ4n) is 0. The second kappa shape index (κ2) is 5.21. The summed E-state index contributed by atoms with van der Waals surface area (Å²) in [6.45, 7) is 0. The third-order valence-corrected chi connectivity index (χ3v) is 0.894. The van der Waals surface area contributed by atoms with Crippen LogP contribution in [0.25, 0.3) is 0 Å². The van der Waals surface area contributed by atoms with Crippen molar-refractivity contribution in [3.63, 3.8) is 0 Å². The molecule has 0 aromatic rings. The van der Waals surface area contributed by atoms with Crippen LogP contribution in [0.2, 0.25) is 0 Å². The maximum absolute atomic E-state index is 9.62. The second-order valence-electron chi connectivity index (χ2n) is 1.03. The van der Waals surface area contributed by atoms with Gasteiger partial charge >= 0.3 is 29.6 Å². The topological polar surface area (TPSA) is 43.4 Å². The fourth-order valence-corrected chi connectivity index (χ4v) is 0. The van der Waals surface area contributed by atoms with Crippen molar-refractivity contribution < 1.29 is 39.7 Å². The Balaban J connectivity index is -0.000000125. The molecule has 0 heterocycles. The van der Waals surface area contributed by atoms with E-state index in [4.69, 9.17) is 0 Å². The zero-order valence-electron chi connectivity index (χ0n) is 5.67. The standard InChI is InChI=1S/C2H7NO2S.Na.H/c1-3(2)6(4)5;;/h1-2H3,(H,4,5);;/q;+1;-1/p-1. The Bertz CT molecular complexity index is 71.1. The van der Waals surface area contributed by atoms with E-state index in [1.54, 1.807) is 0 Å². The van der Waals surface area contributed by atoms with Crippen molar-refractivity contribution >= 4 is 11.3 Å². The van der Waals surface area contributed by atoms with Crippen LogP contribution in [0.1, 0.15) is 1.43 Å². The molecule has 0 rings (SSSR count). The average molecular weight is 132 g/mol. The molecule has 0 spiro atoms. The number of hydrogen-bond acceptors (Lipinski definition) is 2. The van der Waals surface area contributed by atoms with E-state index in [-0.39, 0.29) is 31.0 Å². The van der Waals surface area contributed by atoms with Crippen molar-refractivity contribution in [1.29, 1.82) is 0 Å². The molecule has 3 nitrogen and oxygen atoms in total. The molecular formula is C2H7NNaO2S-. The quantitative estimate of drug-likeness (QED) is 0.274. The first-order valence-corrected chi connectivity index (χ1v) is 2.44. The van der Waals surface area contributed by atoms with E-state index in [2.05, 4.69) is 0 Å². The van der Waals surface area contributed by atoms with Crippen LogP contribution in [0.3, 0.4) is 0 Å². The van der Waals surface area contributed by atoms with Gasteiger partial charge in [-0.25, -0.2) is 4.31 Å². The van der Waals surface area contributed by atoms with E-state index < -0.39 is 11.3 Å². The van der Waals surface area contributed by atoms with Gasteiger partial charge in [-0.15, -0.1) is 0 Å². The van der Waals surface area contributed by atoms with Crippen molar-refractivity contribution in [2.45, 2.75) is 0 Å². The molecule has 40 valence electrons. The molecule has 7 heavy (non-hydrogen) atoms. The summed E-state index contributed by atoms with van der Waals surface area (Å²) in [4.78, 5) is 0. The molecule has 5 heteroatoms.